The number of ether oxygens (including phenoxy) is 1. The number of halogens is 1. The summed E-state index contributed by atoms with van der Waals surface area (Å²) in [6.45, 7) is 2.90. The highest BCUT2D eigenvalue weighted by molar-refractivity contribution is 7.89. The molecular weight excluding hydrogens is 403 g/mol. The number of aryl methyl sites for hydroxylation is 1. The lowest BCUT2D eigenvalue weighted by molar-refractivity contribution is -0.123. The van der Waals surface area contributed by atoms with Gasteiger partial charge in [0, 0.05) is 16.6 Å². The first-order chi connectivity index (χ1) is 13.6. The zero-order valence-corrected chi connectivity index (χ0v) is 16.2. The smallest absolute Gasteiger partial charge is 0.375 e. The van der Waals surface area contributed by atoms with E-state index in [1.165, 1.54) is 43.3 Å². The summed E-state index contributed by atoms with van der Waals surface area (Å²) in [6.07, 6.45) is -1.24. The first-order valence-corrected chi connectivity index (χ1v) is 9.95. The maximum Gasteiger partial charge on any atom is 0.375 e. The van der Waals surface area contributed by atoms with Gasteiger partial charge in [-0.15, -0.1) is 0 Å². The second-order valence-corrected chi connectivity index (χ2v) is 7.84. The molecule has 3 aromatic rings. The van der Waals surface area contributed by atoms with E-state index in [1.54, 1.807) is 13.0 Å². The number of rotatable bonds is 5. The minimum atomic E-state index is -3.94. The summed E-state index contributed by atoms with van der Waals surface area (Å²) in [5, 5.41) is 7.92. The zero-order valence-electron chi connectivity index (χ0n) is 15.4. The second-order valence-electron chi connectivity index (χ2n) is 6.28. The van der Waals surface area contributed by atoms with Crippen molar-refractivity contribution in [2.24, 2.45) is 5.14 Å². The van der Waals surface area contributed by atoms with Crippen LogP contribution in [0.3, 0.4) is 0 Å². The summed E-state index contributed by atoms with van der Waals surface area (Å²) in [7, 11) is -3.94. The molecule has 0 saturated carbocycles. The van der Waals surface area contributed by atoms with Crippen molar-refractivity contribution < 1.29 is 31.6 Å². The summed E-state index contributed by atoms with van der Waals surface area (Å²) in [5.74, 6) is -2.46. The molecule has 1 heterocycles. The lowest BCUT2D eigenvalue weighted by Crippen LogP contribution is -2.30. The molecule has 0 aliphatic heterocycles. The second kappa shape index (κ2) is 7.64. The number of benzene rings is 2. The number of nitrogens with two attached hydrogens (primary N) is 1. The highest BCUT2D eigenvalue weighted by atomic mass is 32.2. The third kappa shape index (κ3) is 4.28. The molecule has 0 saturated heterocycles. The van der Waals surface area contributed by atoms with Crippen molar-refractivity contribution in [3.8, 4) is 0 Å². The molecule has 1 atom stereocenters. The summed E-state index contributed by atoms with van der Waals surface area (Å²) < 4.78 is 47.0. The van der Waals surface area contributed by atoms with Gasteiger partial charge in [-0.25, -0.2) is 22.7 Å². The Balaban J connectivity index is 1.74. The number of esters is 1. The molecule has 0 aliphatic carbocycles. The van der Waals surface area contributed by atoms with Gasteiger partial charge in [-0.05, 0) is 38.1 Å². The van der Waals surface area contributed by atoms with Crippen molar-refractivity contribution in [2.75, 3.05) is 5.32 Å². The predicted molar refractivity (Wildman–Crippen MR) is 102 cm³/mol. The number of hydrogen-bond donors (Lipinski definition) is 2. The minimum absolute atomic E-state index is 0.0751. The number of hydrogen-bond acceptors (Lipinski definition) is 6. The molecule has 0 spiro atoms. The van der Waals surface area contributed by atoms with Crippen molar-refractivity contribution >= 4 is 38.6 Å². The van der Waals surface area contributed by atoms with Crippen LogP contribution in [0, 0.1) is 12.7 Å². The van der Waals surface area contributed by atoms with Crippen LogP contribution in [-0.2, 0) is 19.6 Å². The fraction of sp³-hybridized carbons (Fsp3) is 0.158. The van der Waals surface area contributed by atoms with Crippen LogP contribution in [0.1, 0.15) is 23.0 Å². The molecule has 3 rings (SSSR count). The Bertz CT molecular complexity index is 1220. The monoisotopic (exact) mass is 420 g/mol. The number of carbonyl (C=O) groups excluding carboxylic acids is 2. The van der Waals surface area contributed by atoms with Gasteiger partial charge in [0.15, 0.2) is 17.5 Å². The number of furan rings is 1. The highest BCUT2D eigenvalue weighted by Crippen LogP contribution is 2.28. The van der Waals surface area contributed by atoms with E-state index in [0.717, 1.165) is 0 Å². The van der Waals surface area contributed by atoms with Gasteiger partial charge in [-0.1, -0.05) is 18.2 Å². The van der Waals surface area contributed by atoms with Crippen LogP contribution in [0.25, 0.3) is 11.0 Å². The molecule has 1 unspecified atom stereocenters. The molecule has 1 aromatic heterocycles. The van der Waals surface area contributed by atoms with Gasteiger partial charge in [0.05, 0.1) is 4.90 Å². The Morgan fingerprint density at radius 1 is 1.21 bits per heavy atom. The SMILES string of the molecule is Cc1c(C(=O)OC(C)C(=O)Nc2cccc(S(N)(=O)=O)c2)oc2c(F)cccc12. The van der Waals surface area contributed by atoms with Gasteiger partial charge in [-0.2, -0.15) is 0 Å². The van der Waals surface area contributed by atoms with Crippen molar-refractivity contribution in [1.29, 1.82) is 0 Å². The number of amides is 1. The van der Waals surface area contributed by atoms with E-state index in [0.29, 0.717) is 10.9 Å². The standard InChI is InChI=1S/C19H17FN2O6S/c1-10-14-7-4-8-15(20)17(14)28-16(10)19(24)27-11(2)18(23)22-12-5-3-6-13(9-12)29(21,25)26/h3-9,11H,1-2H3,(H,22,23)(H2,21,25,26). The largest absolute Gasteiger partial charge is 0.447 e. The molecule has 152 valence electrons. The first kappa shape index (κ1) is 20.5. The average molecular weight is 420 g/mol. The van der Waals surface area contributed by atoms with E-state index < -0.39 is 33.8 Å². The van der Waals surface area contributed by atoms with E-state index in [-0.39, 0.29) is 21.9 Å². The fourth-order valence-corrected chi connectivity index (χ4v) is 3.23. The Morgan fingerprint density at radius 2 is 1.90 bits per heavy atom. The fourth-order valence-electron chi connectivity index (χ4n) is 2.67. The van der Waals surface area contributed by atoms with E-state index in [4.69, 9.17) is 14.3 Å². The number of sulfonamides is 1. The topological polar surface area (TPSA) is 129 Å². The van der Waals surface area contributed by atoms with Crippen molar-refractivity contribution in [3.05, 3.63) is 59.6 Å². The Morgan fingerprint density at radius 3 is 2.55 bits per heavy atom. The van der Waals surface area contributed by atoms with Crippen molar-refractivity contribution in [2.45, 2.75) is 24.8 Å². The summed E-state index contributed by atoms with van der Waals surface area (Å²) in [4.78, 5) is 24.5. The molecule has 10 heteroatoms. The molecule has 0 radical (unpaired) electrons. The van der Waals surface area contributed by atoms with Crippen LogP contribution in [0.5, 0.6) is 0 Å². The normalized spacial score (nSPS) is 12.6. The number of para-hydroxylation sites is 1. The minimum Gasteiger partial charge on any atom is -0.447 e. The molecule has 0 bridgehead atoms. The van der Waals surface area contributed by atoms with Crippen molar-refractivity contribution in [3.63, 3.8) is 0 Å². The van der Waals surface area contributed by atoms with Gasteiger partial charge in [-0.3, -0.25) is 4.79 Å². The van der Waals surface area contributed by atoms with Crippen molar-refractivity contribution in [1.82, 2.24) is 0 Å². The number of anilines is 1. The summed E-state index contributed by atoms with van der Waals surface area (Å²) in [5.41, 5.74) is 0.471. The third-order valence-electron chi connectivity index (χ3n) is 4.18. The van der Waals surface area contributed by atoms with Crippen LogP contribution in [0.15, 0.2) is 51.8 Å². The maximum atomic E-state index is 13.8. The zero-order chi connectivity index (χ0) is 21.3. The van der Waals surface area contributed by atoms with Crippen LogP contribution < -0.4 is 10.5 Å². The summed E-state index contributed by atoms with van der Waals surface area (Å²) in [6, 6.07) is 9.59. The molecule has 8 nitrogen and oxygen atoms in total. The molecule has 3 N–H and O–H groups in total. The van der Waals surface area contributed by atoms with Crippen LogP contribution in [0.4, 0.5) is 10.1 Å². The lowest BCUT2D eigenvalue weighted by atomic mass is 10.1. The van der Waals surface area contributed by atoms with Gasteiger partial charge in [0.25, 0.3) is 5.91 Å². The van der Waals surface area contributed by atoms with E-state index in [1.807, 2.05) is 0 Å². The number of carbonyl (C=O) groups is 2. The Labute approximate surface area is 165 Å². The van der Waals surface area contributed by atoms with Gasteiger partial charge < -0.3 is 14.5 Å². The Hall–Kier alpha value is -3.24. The molecule has 1 amide bonds. The van der Waals surface area contributed by atoms with E-state index >= 15 is 0 Å². The molecule has 0 fully saturated rings. The van der Waals surface area contributed by atoms with Gasteiger partial charge in [0.2, 0.25) is 15.8 Å². The van der Waals surface area contributed by atoms with Gasteiger partial charge in [0.1, 0.15) is 0 Å². The van der Waals surface area contributed by atoms with Gasteiger partial charge >= 0.3 is 5.97 Å². The predicted octanol–water partition coefficient (Wildman–Crippen LogP) is 2.71. The number of nitrogens with one attached hydrogen (secondary N) is 1. The molecule has 0 aliphatic rings. The molecule has 2 aromatic carbocycles. The van der Waals surface area contributed by atoms with E-state index in [9.17, 15) is 22.4 Å². The molecule has 29 heavy (non-hydrogen) atoms. The maximum absolute atomic E-state index is 13.8. The number of primary sulfonamides is 1. The molecular formula is C19H17FN2O6S. The third-order valence-corrected chi connectivity index (χ3v) is 5.10. The van der Waals surface area contributed by atoms with Crippen LogP contribution >= 0.6 is 0 Å². The quantitative estimate of drug-likeness (QED) is 0.611. The lowest BCUT2D eigenvalue weighted by Gasteiger charge is -2.13. The van der Waals surface area contributed by atoms with Crippen LogP contribution in [-0.4, -0.2) is 26.4 Å². The Kier molecular flexibility index (Phi) is 5.40. The first-order valence-electron chi connectivity index (χ1n) is 8.40. The van der Waals surface area contributed by atoms with Crippen LogP contribution in [0.2, 0.25) is 0 Å². The average Bonchev–Trinajstić information content (AvgIpc) is 2.99. The summed E-state index contributed by atoms with van der Waals surface area (Å²) >= 11 is 0. The number of fused-ring (bicyclic) bond motifs is 1. The van der Waals surface area contributed by atoms with E-state index in [2.05, 4.69) is 5.32 Å². The highest BCUT2D eigenvalue weighted by Gasteiger charge is 2.25.